The van der Waals surface area contributed by atoms with Gasteiger partial charge >= 0.3 is 5.97 Å². The zero-order valence-corrected chi connectivity index (χ0v) is 11.6. The van der Waals surface area contributed by atoms with Gasteiger partial charge in [0.05, 0.1) is 11.6 Å². The molecule has 108 valence electrons. The quantitative estimate of drug-likeness (QED) is 0.809. The summed E-state index contributed by atoms with van der Waals surface area (Å²) in [7, 11) is 0. The number of halogens is 1. The van der Waals surface area contributed by atoms with Gasteiger partial charge in [-0.1, -0.05) is 0 Å². The van der Waals surface area contributed by atoms with E-state index in [4.69, 9.17) is 10.00 Å². The van der Waals surface area contributed by atoms with Crippen molar-refractivity contribution in [1.29, 1.82) is 5.26 Å². The molecule has 0 atom stereocenters. The van der Waals surface area contributed by atoms with Crippen LogP contribution in [-0.4, -0.2) is 16.6 Å². The van der Waals surface area contributed by atoms with Gasteiger partial charge in [-0.15, -0.1) is 0 Å². The Morgan fingerprint density at radius 1 is 1.48 bits per heavy atom. The van der Waals surface area contributed by atoms with Gasteiger partial charge in [-0.3, -0.25) is 9.59 Å². The lowest BCUT2D eigenvalue weighted by molar-refractivity contribution is -0.148. The molecule has 0 saturated heterocycles. The summed E-state index contributed by atoms with van der Waals surface area (Å²) in [6, 6.07) is 5.40. The van der Waals surface area contributed by atoms with E-state index in [9.17, 15) is 14.0 Å². The molecule has 21 heavy (non-hydrogen) atoms. The minimum Gasteiger partial charge on any atom is -0.462 e. The van der Waals surface area contributed by atoms with Crippen LogP contribution < -0.4 is 5.43 Å². The molecule has 1 aromatic carbocycles. The summed E-state index contributed by atoms with van der Waals surface area (Å²) in [5.41, 5.74) is -0.327. The van der Waals surface area contributed by atoms with Gasteiger partial charge in [0.2, 0.25) is 5.43 Å². The highest BCUT2D eigenvalue weighted by molar-refractivity contribution is 5.82. The smallest absolute Gasteiger partial charge is 0.326 e. The van der Waals surface area contributed by atoms with Crippen LogP contribution in [0.15, 0.2) is 29.2 Å². The lowest BCUT2D eigenvalue weighted by Crippen LogP contribution is -2.20. The Balaban J connectivity index is 2.58. The summed E-state index contributed by atoms with van der Waals surface area (Å²) in [5.74, 6) is -1.07. The molecule has 0 aliphatic heterocycles. The number of hydrogen-bond acceptors (Lipinski definition) is 4. The number of benzene rings is 1. The van der Waals surface area contributed by atoms with Crippen LogP contribution in [-0.2, 0) is 16.1 Å². The number of carbonyl (C=O) groups is 1. The van der Waals surface area contributed by atoms with Crippen LogP contribution in [0, 0.1) is 17.1 Å². The number of rotatable bonds is 3. The second-order valence-electron chi connectivity index (χ2n) is 4.81. The molecule has 0 aliphatic carbocycles. The lowest BCUT2D eigenvalue weighted by atomic mass is 10.1. The van der Waals surface area contributed by atoms with E-state index in [-0.39, 0.29) is 23.6 Å². The zero-order valence-electron chi connectivity index (χ0n) is 11.6. The van der Waals surface area contributed by atoms with E-state index in [0.29, 0.717) is 5.52 Å². The summed E-state index contributed by atoms with van der Waals surface area (Å²) in [6.45, 7) is 3.28. The SMILES string of the molecule is CC(C)OC(=O)Cn1cc(C#N)c(=O)c2cc(F)ccc21. The van der Waals surface area contributed by atoms with Crippen molar-refractivity contribution >= 4 is 16.9 Å². The molecule has 0 radical (unpaired) electrons. The summed E-state index contributed by atoms with van der Waals surface area (Å²) in [4.78, 5) is 23.7. The number of hydrogen-bond donors (Lipinski definition) is 0. The normalized spacial score (nSPS) is 10.6. The van der Waals surface area contributed by atoms with Gasteiger partial charge in [-0.25, -0.2) is 4.39 Å². The maximum absolute atomic E-state index is 13.3. The minimum atomic E-state index is -0.578. The summed E-state index contributed by atoms with van der Waals surface area (Å²) in [6.07, 6.45) is 1.01. The third-order valence-electron chi connectivity index (χ3n) is 2.83. The molecule has 1 aromatic heterocycles. The average Bonchev–Trinajstić information content (AvgIpc) is 2.41. The molecule has 0 amide bonds. The van der Waals surface area contributed by atoms with Gasteiger partial charge in [0.25, 0.3) is 0 Å². The van der Waals surface area contributed by atoms with Crippen molar-refractivity contribution in [3.63, 3.8) is 0 Å². The van der Waals surface area contributed by atoms with Crippen LogP contribution in [0.25, 0.3) is 10.9 Å². The molecular formula is C15H13FN2O3. The molecule has 0 saturated carbocycles. The number of carbonyl (C=O) groups excluding carboxylic acids is 1. The largest absolute Gasteiger partial charge is 0.462 e. The Labute approximate surface area is 120 Å². The fourth-order valence-corrected chi connectivity index (χ4v) is 2.02. The van der Waals surface area contributed by atoms with Crippen molar-refractivity contribution in [3.05, 3.63) is 46.0 Å². The van der Waals surface area contributed by atoms with Gasteiger partial charge in [0.15, 0.2) is 0 Å². The van der Waals surface area contributed by atoms with Crippen LogP contribution in [0.3, 0.4) is 0 Å². The van der Waals surface area contributed by atoms with Crippen LogP contribution >= 0.6 is 0 Å². The van der Waals surface area contributed by atoms with Gasteiger partial charge in [-0.05, 0) is 32.0 Å². The number of fused-ring (bicyclic) bond motifs is 1. The Morgan fingerprint density at radius 2 is 2.19 bits per heavy atom. The third kappa shape index (κ3) is 3.08. The molecule has 6 heteroatoms. The Hall–Kier alpha value is -2.68. The van der Waals surface area contributed by atoms with E-state index < -0.39 is 17.2 Å². The summed E-state index contributed by atoms with van der Waals surface area (Å²) < 4.78 is 19.7. The third-order valence-corrected chi connectivity index (χ3v) is 2.83. The number of nitriles is 1. The molecule has 0 aliphatic rings. The van der Waals surface area contributed by atoms with Crippen molar-refractivity contribution in [3.8, 4) is 6.07 Å². The predicted molar refractivity (Wildman–Crippen MR) is 74.1 cm³/mol. The van der Waals surface area contributed by atoms with E-state index in [1.807, 2.05) is 0 Å². The Morgan fingerprint density at radius 3 is 2.81 bits per heavy atom. The Bertz CT molecular complexity index is 803. The second-order valence-corrected chi connectivity index (χ2v) is 4.81. The molecule has 2 aromatic rings. The lowest BCUT2D eigenvalue weighted by Gasteiger charge is -2.13. The van der Waals surface area contributed by atoms with Gasteiger partial charge in [0.1, 0.15) is 24.0 Å². The zero-order chi connectivity index (χ0) is 15.6. The summed E-state index contributed by atoms with van der Waals surface area (Å²) in [5, 5.41) is 9.04. The van der Waals surface area contributed by atoms with Gasteiger partial charge in [-0.2, -0.15) is 5.26 Å². The van der Waals surface area contributed by atoms with E-state index >= 15 is 0 Å². The van der Waals surface area contributed by atoms with Crippen molar-refractivity contribution in [1.82, 2.24) is 4.57 Å². The van der Waals surface area contributed by atoms with Crippen molar-refractivity contribution in [2.24, 2.45) is 0 Å². The monoisotopic (exact) mass is 288 g/mol. The average molecular weight is 288 g/mol. The maximum Gasteiger partial charge on any atom is 0.326 e. The fourth-order valence-electron chi connectivity index (χ4n) is 2.02. The molecule has 5 nitrogen and oxygen atoms in total. The molecule has 0 spiro atoms. The molecule has 0 unspecified atom stereocenters. The highest BCUT2D eigenvalue weighted by atomic mass is 19.1. The number of aromatic nitrogens is 1. The first-order valence-electron chi connectivity index (χ1n) is 6.34. The molecule has 2 rings (SSSR count). The van der Waals surface area contributed by atoms with Crippen molar-refractivity contribution in [2.45, 2.75) is 26.5 Å². The molecular weight excluding hydrogens is 275 g/mol. The predicted octanol–water partition coefficient (Wildman–Crippen LogP) is 1.96. The first kappa shape index (κ1) is 14.7. The van der Waals surface area contributed by atoms with Crippen LogP contribution in [0.2, 0.25) is 0 Å². The maximum atomic E-state index is 13.3. The number of esters is 1. The number of nitrogens with zero attached hydrogens (tertiary/aromatic N) is 2. The van der Waals surface area contributed by atoms with Crippen molar-refractivity contribution < 1.29 is 13.9 Å². The van der Waals surface area contributed by atoms with E-state index in [1.54, 1.807) is 19.9 Å². The molecule has 0 N–H and O–H groups in total. The summed E-state index contributed by atoms with van der Waals surface area (Å²) >= 11 is 0. The Kier molecular flexibility index (Phi) is 4.03. The molecule has 0 fully saturated rings. The van der Waals surface area contributed by atoms with Crippen molar-refractivity contribution in [2.75, 3.05) is 0 Å². The van der Waals surface area contributed by atoms with Gasteiger partial charge in [0, 0.05) is 11.6 Å². The minimum absolute atomic E-state index is 0.0615. The van der Waals surface area contributed by atoms with Crippen LogP contribution in [0.4, 0.5) is 4.39 Å². The first-order chi connectivity index (χ1) is 9.92. The van der Waals surface area contributed by atoms with E-state index in [1.165, 1.54) is 22.9 Å². The highest BCUT2D eigenvalue weighted by Gasteiger charge is 2.13. The molecule has 0 bridgehead atoms. The second kappa shape index (κ2) is 5.75. The van der Waals surface area contributed by atoms with Gasteiger partial charge < -0.3 is 9.30 Å². The first-order valence-corrected chi connectivity index (χ1v) is 6.34. The van der Waals surface area contributed by atoms with Crippen LogP contribution in [0.5, 0.6) is 0 Å². The topological polar surface area (TPSA) is 72.1 Å². The van der Waals surface area contributed by atoms with E-state index in [2.05, 4.69) is 0 Å². The van der Waals surface area contributed by atoms with Crippen LogP contribution in [0.1, 0.15) is 19.4 Å². The molecule has 1 heterocycles. The fraction of sp³-hybridized carbons (Fsp3) is 0.267. The highest BCUT2D eigenvalue weighted by Crippen LogP contribution is 2.14. The van der Waals surface area contributed by atoms with E-state index in [0.717, 1.165) is 6.07 Å². The number of ether oxygens (including phenoxy) is 1. The standard InChI is InChI=1S/C15H13FN2O3/c1-9(2)21-14(19)8-18-7-10(6-17)15(20)12-5-11(16)3-4-13(12)18/h3-5,7,9H,8H2,1-2H3. The number of pyridine rings is 1.